The van der Waals surface area contributed by atoms with Gasteiger partial charge in [-0.1, -0.05) is 23.7 Å². The molecule has 138 valence electrons. The van der Waals surface area contributed by atoms with Gasteiger partial charge in [0.2, 0.25) is 11.8 Å². The molecule has 1 aromatic carbocycles. The van der Waals surface area contributed by atoms with E-state index in [9.17, 15) is 18.0 Å². The lowest BCUT2D eigenvalue weighted by atomic mass is 10.2. The van der Waals surface area contributed by atoms with Crippen LogP contribution >= 0.6 is 11.6 Å². The monoisotopic (exact) mass is 395 g/mol. The predicted octanol–water partition coefficient (Wildman–Crippen LogP) is 1.28. The largest absolute Gasteiger partial charge is 0.336 e. The van der Waals surface area contributed by atoms with Crippen LogP contribution < -0.4 is 5.32 Å². The first kappa shape index (κ1) is 18.7. The molecule has 0 unspecified atom stereocenters. The van der Waals surface area contributed by atoms with Crippen molar-refractivity contribution in [3.63, 3.8) is 0 Å². The van der Waals surface area contributed by atoms with E-state index in [1.54, 1.807) is 12.1 Å². The maximum Gasteiger partial charge on any atom is 0.244 e. The Hall–Kier alpha value is -2.11. The summed E-state index contributed by atoms with van der Waals surface area (Å²) in [4.78, 5) is 25.8. The lowest BCUT2D eigenvalue weighted by molar-refractivity contribution is -0.137. The normalized spacial score (nSPS) is 24.0. The first-order valence-corrected chi connectivity index (χ1v) is 10.1. The molecule has 1 saturated carbocycles. The van der Waals surface area contributed by atoms with Gasteiger partial charge >= 0.3 is 0 Å². The topological polar surface area (TPSA) is 107 Å². The van der Waals surface area contributed by atoms with Crippen LogP contribution in [0.1, 0.15) is 26.2 Å². The summed E-state index contributed by atoms with van der Waals surface area (Å²) in [6.45, 7) is 1.21. The maximum absolute atomic E-state index is 12.9. The minimum atomic E-state index is -3.81. The van der Waals surface area contributed by atoms with E-state index in [2.05, 4.69) is 11.4 Å². The lowest BCUT2D eigenvalue weighted by Gasteiger charge is -2.23. The van der Waals surface area contributed by atoms with Crippen molar-refractivity contribution in [1.29, 1.82) is 5.26 Å². The van der Waals surface area contributed by atoms with Gasteiger partial charge in [0.05, 0.1) is 21.2 Å². The summed E-state index contributed by atoms with van der Waals surface area (Å²) >= 11 is 6.02. The lowest BCUT2D eigenvalue weighted by Crippen LogP contribution is -2.48. The van der Waals surface area contributed by atoms with Crippen molar-refractivity contribution in [3.8, 4) is 6.07 Å². The zero-order valence-electron chi connectivity index (χ0n) is 14.1. The fraction of sp³-hybridized carbons (Fsp3) is 0.471. The Labute approximate surface area is 156 Å². The highest BCUT2D eigenvalue weighted by atomic mass is 35.5. The first-order valence-electron chi connectivity index (χ1n) is 8.19. The van der Waals surface area contributed by atoms with Gasteiger partial charge in [-0.2, -0.15) is 5.26 Å². The number of nitrogens with one attached hydrogen (secondary N) is 1. The molecule has 7 nitrogen and oxygen atoms in total. The number of hydrogen-bond acceptors (Lipinski definition) is 5. The third kappa shape index (κ3) is 3.29. The summed E-state index contributed by atoms with van der Waals surface area (Å²) in [7, 11) is -3.81. The quantitative estimate of drug-likeness (QED) is 0.826. The molecular weight excluding hydrogens is 378 g/mol. The predicted molar refractivity (Wildman–Crippen MR) is 93.9 cm³/mol. The van der Waals surface area contributed by atoms with E-state index in [1.807, 2.05) is 0 Å². The zero-order valence-corrected chi connectivity index (χ0v) is 15.7. The summed E-state index contributed by atoms with van der Waals surface area (Å²) < 4.78 is 25.9. The molecule has 1 aromatic rings. The number of nitriles is 1. The average molecular weight is 396 g/mol. The van der Waals surface area contributed by atoms with Crippen LogP contribution in [0.15, 0.2) is 29.2 Å². The van der Waals surface area contributed by atoms with Crippen LogP contribution in [0, 0.1) is 11.3 Å². The number of rotatable bonds is 4. The standard InChI is InChI=1S/C17H18ClN3O4S/c1-11(22)21-9-12(26(24,25)15-5-3-2-4-13(15)18)8-14(21)16(23)20-17(10-19)6-7-17/h2-5,12,14H,6-9H2,1H3,(H,20,23)/t12-,14+/m1/s1. The second kappa shape index (κ2) is 6.56. The number of hydrogen-bond donors (Lipinski definition) is 1. The molecule has 26 heavy (non-hydrogen) atoms. The van der Waals surface area contributed by atoms with Crippen LogP contribution in [-0.2, 0) is 19.4 Å². The molecule has 9 heteroatoms. The molecule has 0 spiro atoms. The van der Waals surface area contributed by atoms with Crippen molar-refractivity contribution in [2.45, 2.75) is 47.9 Å². The maximum atomic E-state index is 12.9. The Morgan fingerprint density at radius 2 is 2.00 bits per heavy atom. The molecule has 2 amide bonds. The van der Waals surface area contributed by atoms with Gasteiger partial charge in [-0.05, 0) is 31.4 Å². The molecule has 1 heterocycles. The second-order valence-corrected chi connectivity index (χ2v) is 9.31. The first-order chi connectivity index (χ1) is 12.2. The summed E-state index contributed by atoms with van der Waals surface area (Å²) in [6, 6.07) is 7.24. The Kier molecular flexibility index (Phi) is 4.71. The number of benzene rings is 1. The molecule has 1 aliphatic heterocycles. The van der Waals surface area contributed by atoms with E-state index >= 15 is 0 Å². The summed E-state index contributed by atoms with van der Waals surface area (Å²) in [5.41, 5.74) is -0.876. The fourth-order valence-electron chi connectivity index (χ4n) is 3.18. The van der Waals surface area contributed by atoms with Gasteiger partial charge in [0.15, 0.2) is 9.84 Å². The molecule has 0 radical (unpaired) electrons. The molecule has 0 bridgehead atoms. The Bertz CT molecular complexity index is 905. The van der Waals surface area contributed by atoms with Crippen LogP contribution in [0.5, 0.6) is 0 Å². The molecule has 0 aromatic heterocycles. The molecule has 1 saturated heterocycles. The number of amides is 2. The van der Waals surface area contributed by atoms with Crippen molar-refractivity contribution in [2.75, 3.05) is 6.54 Å². The number of carbonyl (C=O) groups excluding carboxylic acids is 2. The zero-order chi connectivity index (χ0) is 19.1. The highest BCUT2D eigenvalue weighted by molar-refractivity contribution is 7.92. The molecule has 1 N–H and O–H groups in total. The van der Waals surface area contributed by atoms with E-state index in [-0.39, 0.29) is 28.8 Å². The Balaban J connectivity index is 1.85. The fourth-order valence-corrected chi connectivity index (χ4v) is 5.40. The van der Waals surface area contributed by atoms with Crippen molar-refractivity contribution in [2.24, 2.45) is 0 Å². The van der Waals surface area contributed by atoms with E-state index in [1.165, 1.54) is 24.0 Å². The van der Waals surface area contributed by atoms with Crippen LogP contribution in [0.2, 0.25) is 5.02 Å². The van der Waals surface area contributed by atoms with Crippen molar-refractivity contribution in [3.05, 3.63) is 29.3 Å². The smallest absolute Gasteiger partial charge is 0.244 e. The molecule has 3 rings (SSSR count). The highest BCUT2D eigenvalue weighted by Gasteiger charge is 2.49. The average Bonchev–Trinajstić information content (AvgIpc) is 3.20. The van der Waals surface area contributed by atoms with Crippen molar-refractivity contribution in [1.82, 2.24) is 10.2 Å². The SMILES string of the molecule is CC(=O)N1C[C@H](S(=O)(=O)c2ccccc2Cl)C[C@H]1C(=O)NC1(C#N)CC1. The summed E-state index contributed by atoms with van der Waals surface area (Å²) in [5.74, 6) is -0.875. The van der Waals surface area contributed by atoms with Crippen LogP contribution in [0.4, 0.5) is 0 Å². The minimum Gasteiger partial charge on any atom is -0.336 e. The van der Waals surface area contributed by atoms with Gasteiger partial charge in [-0.25, -0.2) is 8.42 Å². The molecular formula is C17H18ClN3O4S. The van der Waals surface area contributed by atoms with Gasteiger partial charge in [-0.15, -0.1) is 0 Å². The third-order valence-electron chi connectivity index (χ3n) is 4.88. The van der Waals surface area contributed by atoms with Crippen molar-refractivity contribution >= 4 is 33.3 Å². The van der Waals surface area contributed by atoms with Gasteiger partial charge in [-0.3, -0.25) is 9.59 Å². The van der Waals surface area contributed by atoms with Crippen LogP contribution in [-0.4, -0.2) is 48.5 Å². The summed E-state index contributed by atoms with van der Waals surface area (Å²) in [6.07, 6.45) is 1.09. The number of nitrogens with zero attached hydrogens (tertiary/aromatic N) is 2. The Morgan fingerprint density at radius 1 is 1.35 bits per heavy atom. The number of halogens is 1. The highest BCUT2D eigenvalue weighted by Crippen LogP contribution is 2.36. The second-order valence-electron chi connectivity index (χ2n) is 6.70. The van der Waals surface area contributed by atoms with Gasteiger partial charge < -0.3 is 10.2 Å². The minimum absolute atomic E-state index is 0.00749. The van der Waals surface area contributed by atoms with Gasteiger partial charge in [0.25, 0.3) is 0 Å². The van der Waals surface area contributed by atoms with E-state index in [4.69, 9.17) is 16.9 Å². The number of carbonyl (C=O) groups is 2. The molecule has 2 atom stereocenters. The Morgan fingerprint density at radius 3 is 2.54 bits per heavy atom. The van der Waals surface area contributed by atoms with Crippen molar-refractivity contribution < 1.29 is 18.0 Å². The molecule has 1 aliphatic carbocycles. The molecule has 2 fully saturated rings. The molecule has 2 aliphatic rings. The third-order valence-corrected chi connectivity index (χ3v) is 7.51. The van der Waals surface area contributed by atoms with Gasteiger partial charge in [0, 0.05) is 13.5 Å². The van der Waals surface area contributed by atoms with Crippen LogP contribution in [0.3, 0.4) is 0 Å². The van der Waals surface area contributed by atoms with E-state index < -0.39 is 32.6 Å². The summed E-state index contributed by atoms with van der Waals surface area (Å²) in [5, 5.41) is 11.0. The van der Waals surface area contributed by atoms with E-state index in [0.29, 0.717) is 12.8 Å². The number of sulfone groups is 1. The van der Waals surface area contributed by atoms with Gasteiger partial charge in [0.1, 0.15) is 11.6 Å². The number of likely N-dealkylation sites (tertiary alicyclic amines) is 1. The van der Waals surface area contributed by atoms with E-state index in [0.717, 1.165) is 0 Å². The van der Waals surface area contributed by atoms with Crippen LogP contribution in [0.25, 0.3) is 0 Å².